The zero-order valence-corrected chi connectivity index (χ0v) is 13.4. The highest BCUT2D eigenvalue weighted by atomic mass is 79.9. The van der Waals surface area contributed by atoms with E-state index in [1.807, 2.05) is 11.3 Å². The fourth-order valence-electron chi connectivity index (χ4n) is 3.42. The van der Waals surface area contributed by atoms with Gasteiger partial charge in [-0.2, -0.15) is 0 Å². The third kappa shape index (κ3) is 1.93. The summed E-state index contributed by atoms with van der Waals surface area (Å²) >= 11 is 9.41. The lowest BCUT2D eigenvalue weighted by atomic mass is 10.0. The van der Waals surface area contributed by atoms with E-state index in [-0.39, 0.29) is 0 Å². The Kier molecular flexibility index (Phi) is 3.23. The SMILES string of the molecule is Cc1sc(Br)cc1C(Br)C1C2CCCCC21. The molecule has 0 aliphatic heterocycles. The van der Waals surface area contributed by atoms with Crippen LogP contribution in [0.25, 0.3) is 0 Å². The van der Waals surface area contributed by atoms with Crippen molar-refractivity contribution >= 4 is 43.2 Å². The van der Waals surface area contributed by atoms with Gasteiger partial charge in [0.15, 0.2) is 0 Å². The summed E-state index contributed by atoms with van der Waals surface area (Å²) in [5.41, 5.74) is 1.52. The third-order valence-electron chi connectivity index (χ3n) is 4.28. The van der Waals surface area contributed by atoms with Crippen LogP contribution in [-0.2, 0) is 0 Å². The van der Waals surface area contributed by atoms with Crippen molar-refractivity contribution in [3.8, 4) is 0 Å². The molecule has 0 N–H and O–H groups in total. The molecule has 3 unspecified atom stereocenters. The average Bonchev–Trinajstić information content (AvgIpc) is 2.89. The van der Waals surface area contributed by atoms with Gasteiger partial charge in [-0.25, -0.2) is 0 Å². The van der Waals surface area contributed by atoms with Gasteiger partial charge in [-0.05, 0) is 65.1 Å². The second-order valence-electron chi connectivity index (χ2n) is 5.15. The van der Waals surface area contributed by atoms with E-state index in [2.05, 4.69) is 44.8 Å². The quantitative estimate of drug-likeness (QED) is 0.592. The van der Waals surface area contributed by atoms with E-state index < -0.39 is 0 Å². The Labute approximate surface area is 118 Å². The topological polar surface area (TPSA) is 0 Å². The van der Waals surface area contributed by atoms with Gasteiger partial charge in [-0.3, -0.25) is 0 Å². The number of thiophene rings is 1. The van der Waals surface area contributed by atoms with Gasteiger partial charge in [0, 0.05) is 9.70 Å². The maximum absolute atomic E-state index is 3.95. The number of hydrogen-bond donors (Lipinski definition) is 0. The van der Waals surface area contributed by atoms with Gasteiger partial charge in [0.2, 0.25) is 0 Å². The third-order valence-corrected chi connectivity index (χ3v) is 6.96. The predicted molar refractivity (Wildman–Crippen MR) is 77.4 cm³/mol. The first-order valence-electron chi connectivity index (χ1n) is 6.08. The van der Waals surface area contributed by atoms with Crippen LogP contribution in [0.1, 0.15) is 41.0 Å². The van der Waals surface area contributed by atoms with Crippen molar-refractivity contribution < 1.29 is 0 Å². The van der Waals surface area contributed by atoms with Crippen LogP contribution in [0.15, 0.2) is 9.85 Å². The lowest BCUT2D eigenvalue weighted by molar-refractivity contribution is 0.480. The van der Waals surface area contributed by atoms with Crippen LogP contribution < -0.4 is 0 Å². The normalized spacial score (nSPS) is 34.6. The molecule has 2 aliphatic rings. The van der Waals surface area contributed by atoms with Crippen LogP contribution in [0.4, 0.5) is 0 Å². The molecule has 3 rings (SSSR count). The fraction of sp³-hybridized carbons (Fsp3) is 0.692. The smallest absolute Gasteiger partial charge is 0.0704 e. The first-order chi connectivity index (χ1) is 7.68. The van der Waals surface area contributed by atoms with E-state index in [0.717, 1.165) is 17.8 Å². The first kappa shape index (κ1) is 11.7. The minimum atomic E-state index is 0.600. The van der Waals surface area contributed by atoms with Crippen molar-refractivity contribution in [3.63, 3.8) is 0 Å². The summed E-state index contributed by atoms with van der Waals surface area (Å²) in [6.45, 7) is 2.24. The molecule has 1 heterocycles. The van der Waals surface area contributed by atoms with Crippen molar-refractivity contribution in [1.29, 1.82) is 0 Å². The molecule has 2 aliphatic carbocycles. The second-order valence-corrected chi connectivity index (χ2v) is 8.78. The lowest BCUT2D eigenvalue weighted by Crippen LogP contribution is -1.95. The molecule has 1 aromatic heterocycles. The highest BCUT2D eigenvalue weighted by molar-refractivity contribution is 9.11. The summed E-state index contributed by atoms with van der Waals surface area (Å²) in [6, 6.07) is 2.31. The fourth-order valence-corrected chi connectivity index (χ4v) is 6.59. The van der Waals surface area contributed by atoms with Gasteiger partial charge in [-0.15, -0.1) is 11.3 Å². The second kappa shape index (κ2) is 4.40. The summed E-state index contributed by atoms with van der Waals surface area (Å²) < 4.78 is 1.27. The molecule has 1 aromatic rings. The van der Waals surface area contributed by atoms with Crippen LogP contribution in [-0.4, -0.2) is 0 Å². The van der Waals surface area contributed by atoms with Gasteiger partial charge in [0.1, 0.15) is 0 Å². The Bertz CT molecular complexity index is 387. The number of hydrogen-bond acceptors (Lipinski definition) is 1. The van der Waals surface area contributed by atoms with Crippen LogP contribution >= 0.6 is 43.2 Å². The Morgan fingerprint density at radius 3 is 2.44 bits per heavy atom. The molecule has 0 amide bonds. The number of aryl methyl sites for hydroxylation is 1. The maximum Gasteiger partial charge on any atom is 0.0704 e. The van der Waals surface area contributed by atoms with Crippen LogP contribution in [0.2, 0.25) is 0 Å². The minimum Gasteiger partial charge on any atom is -0.133 e. The van der Waals surface area contributed by atoms with Gasteiger partial charge in [0.25, 0.3) is 0 Å². The van der Waals surface area contributed by atoms with Crippen LogP contribution in [0.3, 0.4) is 0 Å². The molecule has 16 heavy (non-hydrogen) atoms. The summed E-state index contributed by atoms with van der Waals surface area (Å²) in [6.07, 6.45) is 5.87. The predicted octanol–water partition coefficient (Wildman–Crippen LogP) is 5.69. The lowest BCUT2D eigenvalue weighted by Gasteiger charge is -2.08. The number of halogens is 2. The molecule has 0 spiro atoms. The standard InChI is InChI=1S/C13H16Br2S/c1-7-10(6-11(14)16-7)13(15)12-8-4-2-3-5-9(8)12/h6,8-9,12-13H,2-5H2,1H3. The Morgan fingerprint density at radius 2 is 1.94 bits per heavy atom. The van der Waals surface area contributed by atoms with Gasteiger partial charge < -0.3 is 0 Å². The van der Waals surface area contributed by atoms with Crippen molar-refractivity contribution in [2.45, 2.75) is 37.4 Å². The highest BCUT2D eigenvalue weighted by Gasteiger charge is 2.54. The highest BCUT2D eigenvalue weighted by Crippen LogP contribution is 2.63. The van der Waals surface area contributed by atoms with E-state index >= 15 is 0 Å². The molecular weight excluding hydrogens is 348 g/mol. The number of alkyl halides is 1. The van der Waals surface area contributed by atoms with E-state index in [4.69, 9.17) is 0 Å². The van der Waals surface area contributed by atoms with Crippen molar-refractivity contribution in [3.05, 3.63) is 20.3 Å². The largest absolute Gasteiger partial charge is 0.133 e. The average molecular weight is 364 g/mol. The zero-order chi connectivity index (χ0) is 11.3. The molecule has 2 fully saturated rings. The molecule has 0 saturated heterocycles. The van der Waals surface area contributed by atoms with Crippen LogP contribution in [0.5, 0.6) is 0 Å². The summed E-state index contributed by atoms with van der Waals surface area (Å²) in [7, 11) is 0. The molecule has 0 aromatic carbocycles. The maximum atomic E-state index is 3.95. The Morgan fingerprint density at radius 1 is 1.31 bits per heavy atom. The van der Waals surface area contributed by atoms with Gasteiger partial charge in [-0.1, -0.05) is 28.8 Å². The summed E-state index contributed by atoms with van der Waals surface area (Å²) in [5, 5.41) is 0. The molecule has 2 saturated carbocycles. The van der Waals surface area contributed by atoms with Crippen molar-refractivity contribution in [1.82, 2.24) is 0 Å². The number of rotatable bonds is 2. The van der Waals surface area contributed by atoms with Gasteiger partial charge >= 0.3 is 0 Å². The molecule has 3 heteroatoms. The van der Waals surface area contributed by atoms with Crippen LogP contribution in [0, 0.1) is 24.7 Å². The molecule has 0 nitrogen and oxygen atoms in total. The molecule has 0 bridgehead atoms. The molecule has 0 radical (unpaired) electrons. The van der Waals surface area contributed by atoms with E-state index in [1.54, 1.807) is 0 Å². The first-order valence-corrected chi connectivity index (χ1v) is 8.61. The summed E-state index contributed by atoms with van der Waals surface area (Å²) in [5.74, 6) is 2.97. The molecular formula is C13H16Br2S. The minimum absolute atomic E-state index is 0.600. The Hall–Kier alpha value is 0.660. The van der Waals surface area contributed by atoms with Crippen molar-refractivity contribution in [2.24, 2.45) is 17.8 Å². The molecule has 3 atom stereocenters. The van der Waals surface area contributed by atoms with E-state index in [0.29, 0.717) is 4.83 Å². The monoisotopic (exact) mass is 362 g/mol. The van der Waals surface area contributed by atoms with Gasteiger partial charge in [0.05, 0.1) is 3.79 Å². The van der Waals surface area contributed by atoms with E-state index in [1.165, 1.54) is 39.9 Å². The van der Waals surface area contributed by atoms with E-state index in [9.17, 15) is 0 Å². The molecule has 88 valence electrons. The zero-order valence-electron chi connectivity index (χ0n) is 9.38. The number of fused-ring (bicyclic) bond motifs is 1. The summed E-state index contributed by atoms with van der Waals surface area (Å²) in [4.78, 5) is 2.07. The Balaban J connectivity index is 1.78. The van der Waals surface area contributed by atoms with Crippen molar-refractivity contribution in [2.75, 3.05) is 0 Å².